The molecular weight excluding hydrogens is 429 g/mol. The third-order valence-electron chi connectivity index (χ3n) is 4.25. The molecule has 3 rings (SSSR count). The quantitative estimate of drug-likeness (QED) is 0.381. The van der Waals surface area contributed by atoms with Gasteiger partial charge in [0, 0.05) is 19.0 Å². The Labute approximate surface area is 166 Å². The van der Waals surface area contributed by atoms with E-state index in [0.717, 1.165) is 41.9 Å². The molecule has 2 atom stereocenters. The summed E-state index contributed by atoms with van der Waals surface area (Å²) in [6.45, 7) is 3.69. The van der Waals surface area contributed by atoms with Gasteiger partial charge in [0.25, 0.3) is 0 Å². The van der Waals surface area contributed by atoms with Crippen LogP contribution in [0.25, 0.3) is 0 Å². The molecule has 1 aliphatic rings. The topological polar surface area (TPSA) is 58.8 Å². The number of hydrogen-bond acceptors (Lipinski definition) is 3. The highest BCUT2D eigenvalue weighted by molar-refractivity contribution is 14.0. The van der Waals surface area contributed by atoms with Gasteiger partial charge in [0.15, 0.2) is 5.96 Å². The van der Waals surface area contributed by atoms with Gasteiger partial charge in [-0.3, -0.25) is 0 Å². The summed E-state index contributed by atoms with van der Waals surface area (Å²) >= 11 is 0. The first-order valence-electron chi connectivity index (χ1n) is 8.45. The summed E-state index contributed by atoms with van der Waals surface area (Å²) in [5.41, 5.74) is 1.16. The number of rotatable bonds is 7. The van der Waals surface area contributed by atoms with E-state index in [4.69, 9.17) is 14.1 Å². The fourth-order valence-electron chi connectivity index (χ4n) is 2.51. The van der Waals surface area contributed by atoms with Gasteiger partial charge in [-0.05, 0) is 42.2 Å². The summed E-state index contributed by atoms with van der Waals surface area (Å²) in [6, 6.07) is 12.5. The lowest BCUT2D eigenvalue weighted by Crippen LogP contribution is -2.40. The standard InChI is InChI=1S/C19H25N3O2.HI/c1-14-12-18(14)22-19(20-10-9-17-4-3-11-24-17)21-13-15-5-7-16(23-2)8-6-15;/h3-8,11,14,18H,9-10,12-13H2,1-2H3,(H2,20,21,22);1H. The van der Waals surface area contributed by atoms with E-state index >= 15 is 0 Å². The van der Waals surface area contributed by atoms with Crippen LogP contribution in [0.1, 0.15) is 24.7 Å². The Morgan fingerprint density at radius 3 is 2.64 bits per heavy atom. The van der Waals surface area contributed by atoms with Crippen molar-refractivity contribution in [2.24, 2.45) is 10.9 Å². The van der Waals surface area contributed by atoms with Crippen LogP contribution in [0, 0.1) is 5.92 Å². The molecule has 5 nitrogen and oxygen atoms in total. The summed E-state index contributed by atoms with van der Waals surface area (Å²) in [6.07, 6.45) is 3.76. The number of halogens is 1. The average molecular weight is 455 g/mol. The fraction of sp³-hybridized carbons (Fsp3) is 0.421. The van der Waals surface area contributed by atoms with Gasteiger partial charge >= 0.3 is 0 Å². The molecular formula is C19H26IN3O2. The van der Waals surface area contributed by atoms with E-state index in [-0.39, 0.29) is 24.0 Å². The minimum absolute atomic E-state index is 0. The molecule has 2 aromatic rings. The van der Waals surface area contributed by atoms with Crippen LogP contribution in [0.3, 0.4) is 0 Å². The van der Waals surface area contributed by atoms with Gasteiger partial charge in [0.2, 0.25) is 0 Å². The van der Waals surface area contributed by atoms with Gasteiger partial charge < -0.3 is 19.8 Å². The van der Waals surface area contributed by atoms with Crippen molar-refractivity contribution in [2.75, 3.05) is 13.7 Å². The van der Waals surface area contributed by atoms with Gasteiger partial charge in [0.1, 0.15) is 11.5 Å². The van der Waals surface area contributed by atoms with Crippen LogP contribution in [0.4, 0.5) is 0 Å². The molecule has 2 unspecified atom stereocenters. The molecule has 1 aliphatic carbocycles. The van der Waals surface area contributed by atoms with Gasteiger partial charge in [-0.2, -0.15) is 0 Å². The molecule has 1 saturated carbocycles. The highest BCUT2D eigenvalue weighted by atomic mass is 127. The smallest absolute Gasteiger partial charge is 0.191 e. The number of hydrogen-bond donors (Lipinski definition) is 2. The monoisotopic (exact) mass is 455 g/mol. The lowest BCUT2D eigenvalue weighted by molar-refractivity contribution is 0.414. The minimum atomic E-state index is 0. The lowest BCUT2D eigenvalue weighted by atomic mass is 10.2. The Morgan fingerprint density at radius 2 is 2.04 bits per heavy atom. The number of furan rings is 1. The molecule has 0 aliphatic heterocycles. The predicted octanol–water partition coefficient (Wildman–Crippen LogP) is 3.59. The van der Waals surface area contributed by atoms with Crippen LogP contribution in [0.15, 0.2) is 52.1 Å². The summed E-state index contributed by atoms with van der Waals surface area (Å²) in [7, 11) is 1.68. The number of benzene rings is 1. The van der Waals surface area contributed by atoms with E-state index in [2.05, 4.69) is 17.6 Å². The predicted molar refractivity (Wildman–Crippen MR) is 111 cm³/mol. The number of nitrogens with one attached hydrogen (secondary N) is 2. The molecule has 1 aromatic carbocycles. The van der Waals surface area contributed by atoms with Crippen LogP contribution < -0.4 is 15.4 Å². The van der Waals surface area contributed by atoms with E-state index in [1.54, 1.807) is 13.4 Å². The SMILES string of the molecule is COc1ccc(CN=C(NCCc2ccco2)NC2CC2C)cc1.I. The van der Waals surface area contributed by atoms with Crippen molar-refractivity contribution >= 4 is 29.9 Å². The highest BCUT2D eigenvalue weighted by Crippen LogP contribution is 2.28. The first-order chi connectivity index (χ1) is 11.7. The average Bonchev–Trinajstić information content (AvgIpc) is 3.07. The van der Waals surface area contributed by atoms with Crippen LogP contribution in [0.5, 0.6) is 5.75 Å². The molecule has 0 saturated heterocycles. The molecule has 0 amide bonds. The van der Waals surface area contributed by atoms with E-state index in [1.165, 1.54) is 6.42 Å². The second-order valence-electron chi connectivity index (χ2n) is 6.23. The zero-order valence-electron chi connectivity index (χ0n) is 14.7. The highest BCUT2D eigenvalue weighted by Gasteiger charge is 2.33. The Hall–Kier alpha value is -1.70. The third kappa shape index (κ3) is 6.26. The van der Waals surface area contributed by atoms with Crippen LogP contribution in [-0.2, 0) is 13.0 Å². The van der Waals surface area contributed by atoms with Crippen molar-refractivity contribution in [3.8, 4) is 5.75 Å². The Bertz CT molecular complexity index is 656. The molecule has 25 heavy (non-hydrogen) atoms. The van der Waals surface area contributed by atoms with E-state index in [1.807, 2.05) is 36.4 Å². The number of methoxy groups -OCH3 is 1. The molecule has 0 bridgehead atoms. The maximum atomic E-state index is 5.36. The van der Waals surface area contributed by atoms with Crippen LogP contribution in [0.2, 0.25) is 0 Å². The van der Waals surface area contributed by atoms with Gasteiger partial charge in [-0.25, -0.2) is 4.99 Å². The second kappa shape index (κ2) is 9.70. The van der Waals surface area contributed by atoms with E-state index in [0.29, 0.717) is 12.6 Å². The molecule has 136 valence electrons. The zero-order valence-corrected chi connectivity index (χ0v) is 17.0. The molecule has 0 spiro atoms. The van der Waals surface area contributed by atoms with Gasteiger partial charge in [-0.1, -0.05) is 19.1 Å². The van der Waals surface area contributed by atoms with Gasteiger partial charge in [-0.15, -0.1) is 24.0 Å². The number of ether oxygens (including phenoxy) is 1. The maximum absolute atomic E-state index is 5.36. The number of guanidine groups is 1. The van der Waals surface area contributed by atoms with Crippen LogP contribution in [-0.4, -0.2) is 25.7 Å². The lowest BCUT2D eigenvalue weighted by Gasteiger charge is -2.12. The molecule has 1 heterocycles. The maximum Gasteiger partial charge on any atom is 0.191 e. The first-order valence-corrected chi connectivity index (χ1v) is 8.45. The Morgan fingerprint density at radius 1 is 1.28 bits per heavy atom. The minimum Gasteiger partial charge on any atom is -0.497 e. The zero-order chi connectivity index (χ0) is 16.8. The fourth-order valence-corrected chi connectivity index (χ4v) is 2.51. The van der Waals surface area contributed by atoms with Crippen molar-refractivity contribution < 1.29 is 9.15 Å². The van der Waals surface area contributed by atoms with Crippen molar-refractivity contribution in [2.45, 2.75) is 32.4 Å². The Balaban J connectivity index is 0.00000225. The van der Waals surface area contributed by atoms with E-state index < -0.39 is 0 Å². The second-order valence-corrected chi connectivity index (χ2v) is 6.23. The van der Waals surface area contributed by atoms with Crippen molar-refractivity contribution in [1.82, 2.24) is 10.6 Å². The summed E-state index contributed by atoms with van der Waals surface area (Å²) < 4.78 is 10.6. The van der Waals surface area contributed by atoms with Crippen molar-refractivity contribution in [3.05, 3.63) is 54.0 Å². The molecule has 1 fully saturated rings. The largest absolute Gasteiger partial charge is 0.497 e. The number of nitrogens with zero attached hydrogens (tertiary/aromatic N) is 1. The molecule has 1 aromatic heterocycles. The summed E-state index contributed by atoms with van der Waals surface area (Å²) in [4.78, 5) is 4.71. The molecule has 2 N–H and O–H groups in total. The third-order valence-corrected chi connectivity index (χ3v) is 4.25. The molecule has 0 radical (unpaired) electrons. The summed E-state index contributed by atoms with van der Waals surface area (Å²) in [5, 5.41) is 6.89. The number of aliphatic imine (C=N–C) groups is 1. The van der Waals surface area contributed by atoms with E-state index in [9.17, 15) is 0 Å². The summed E-state index contributed by atoms with van der Waals surface area (Å²) in [5.74, 6) is 3.44. The normalized spacial score (nSPS) is 19.0. The first kappa shape index (κ1) is 19.6. The molecule has 6 heteroatoms. The van der Waals surface area contributed by atoms with Crippen LogP contribution >= 0.6 is 24.0 Å². The Kier molecular flexibility index (Phi) is 7.61. The van der Waals surface area contributed by atoms with Crippen molar-refractivity contribution in [1.29, 1.82) is 0 Å². The van der Waals surface area contributed by atoms with Crippen molar-refractivity contribution in [3.63, 3.8) is 0 Å². The van der Waals surface area contributed by atoms with Gasteiger partial charge in [0.05, 0.1) is 19.9 Å².